The summed E-state index contributed by atoms with van der Waals surface area (Å²) in [5, 5.41) is 0. The van der Waals surface area contributed by atoms with Crippen molar-refractivity contribution in [3.05, 3.63) is 12.2 Å². The molecule has 1 atom stereocenters. The fourth-order valence-electron chi connectivity index (χ4n) is 5.35. The van der Waals surface area contributed by atoms with Crippen LogP contribution in [-0.4, -0.2) is 39.2 Å². The Hall–Kier alpha value is -0.203. The maximum atomic E-state index is 7.17. The van der Waals surface area contributed by atoms with Gasteiger partial charge in [-0.25, -0.2) is 0 Å². The van der Waals surface area contributed by atoms with E-state index in [4.69, 9.17) is 18.6 Å². The van der Waals surface area contributed by atoms with Gasteiger partial charge in [0.05, 0.1) is 19.3 Å². The Morgan fingerprint density at radius 2 is 1.64 bits per heavy atom. The van der Waals surface area contributed by atoms with E-state index in [0.717, 1.165) is 50.2 Å². The Labute approximate surface area is 173 Å². The first kappa shape index (κ1) is 22.5. The van der Waals surface area contributed by atoms with Gasteiger partial charge in [0.2, 0.25) is 0 Å². The summed E-state index contributed by atoms with van der Waals surface area (Å²) >= 11 is 0. The highest BCUT2D eigenvalue weighted by molar-refractivity contribution is 6.73. The number of fused-ring (bicyclic) bond motifs is 3. The minimum absolute atomic E-state index is 0.0493. The third kappa shape index (κ3) is 3.90. The second-order valence-electron chi connectivity index (χ2n) is 9.44. The molecule has 5 heteroatoms. The van der Waals surface area contributed by atoms with Gasteiger partial charge in [-0.15, -0.1) is 0 Å². The zero-order chi connectivity index (χ0) is 20.3. The molecule has 3 heterocycles. The molecule has 4 aliphatic rings. The highest BCUT2D eigenvalue weighted by atomic mass is 28.4. The first-order chi connectivity index (χ1) is 13.4. The van der Waals surface area contributed by atoms with Crippen molar-refractivity contribution in [3.63, 3.8) is 0 Å². The van der Waals surface area contributed by atoms with E-state index in [1.165, 1.54) is 12.8 Å². The molecule has 0 N–H and O–H groups in total. The van der Waals surface area contributed by atoms with Gasteiger partial charge >= 0.3 is 5.97 Å². The van der Waals surface area contributed by atoms with Gasteiger partial charge in [-0.05, 0) is 57.2 Å². The van der Waals surface area contributed by atoms with Crippen LogP contribution in [0.25, 0.3) is 0 Å². The maximum absolute atomic E-state index is 7.17. The predicted molar refractivity (Wildman–Crippen MR) is 116 cm³/mol. The van der Waals surface area contributed by atoms with Crippen molar-refractivity contribution in [1.29, 1.82) is 0 Å². The lowest BCUT2D eigenvalue weighted by molar-refractivity contribution is -0.523. The quantitative estimate of drug-likeness (QED) is 0.245. The van der Waals surface area contributed by atoms with Crippen molar-refractivity contribution >= 4 is 8.32 Å². The Balaban J connectivity index is 1.84. The van der Waals surface area contributed by atoms with Gasteiger partial charge in [0, 0.05) is 5.41 Å². The van der Waals surface area contributed by atoms with E-state index in [0.29, 0.717) is 13.2 Å². The molecule has 1 unspecified atom stereocenters. The molecule has 4 fully saturated rings. The summed E-state index contributed by atoms with van der Waals surface area (Å²) in [5.74, 6) is -0.996. The normalized spacial score (nSPS) is 35.1. The molecule has 2 bridgehead atoms. The average Bonchev–Trinajstić information content (AvgIpc) is 3.21. The summed E-state index contributed by atoms with van der Waals surface area (Å²) in [5.41, 5.74) is -0.475. The van der Waals surface area contributed by atoms with Crippen LogP contribution in [-0.2, 0) is 18.6 Å². The van der Waals surface area contributed by atoms with Gasteiger partial charge in [-0.3, -0.25) is 0 Å². The third-order valence-corrected chi connectivity index (χ3v) is 12.3. The van der Waals surface area contributed by atoms with E-state index in [1.807, 2.05) is 0 Å². The van der Waals surface area contributed by atoms with Crippen molar-refractivity contribution in [2.24, 2.45) is 5.41 Å². The predicted octanol–water partition coefficient (Wildman–Crippen LogP) is 6.17. The average molecular weight is 411 g/mol. The van der Waals surface area contributed by atoms with Crippen molar-refractivity contribution in [3.8, 4) is 0 Å². The van der Waals surface area contributed by atoms with Gasteiger partial charge < -0.3 is 18.6 Å². The number of hydrogen-bond acceptors (Lipinski definition) is 4. The van der Waals surface area contributed by atoms with E-state index in [9.17, 15) is 0 Å². The molecule has 162 valence electrons. The third-order valence-electron chi connectivity index (χ3n) is 7.65. The van der Waals surface area contributed by atoms with Crippen LogP contribution in [0.3, 0.4) is 0 Å². The number of allylic oxidation sites excluding steroid dienone is 2. The lowest BCUT2D eigenvalue weighted by atomic mass is 9.79. The van der Waals surface area contributed by atoms with Crippen LogP contribution in [0.15, 0.2) is 12.2 Å². The van der Waals surface area contributed by atoms with Crippen LogP contribution in [0.5, 0.6) is 0 Å². The number of unbranched alkanes of at least 4 members (excludes halogenated alkanes) is 1. The Morgan fingerprint density at radius 1 is 1.04 bits per heavy atom. The number of hydrogen-bond donors (Lipinski definition) is 0. The first-order valence-electron chi connectivity index (χ1n) is 11.7. The number of ether oxygens (including phenoxy) is 3. The highest BCUT2D eigenvalue weighted by Gasteiger charge is 2.67. The molecule has 1 aliphatic carbocycles. The van der Waals surface area contributed by atoms with Crippen molar-refractivity contribution in [1.82, 2.24) is 0 Å². The van der Waals surface area contributed by atoms with Gasteiger partial charge in [0.15, 0.2) is 8.32 Å². The standard InChI is InChI=1S/C23H42O4Si/c1-6-10-11-12-15-20-21(5)18-24-23(26-20,25-19-21)22(16-13-14-17-22)27-28(7-2,8-3)9-4/h6,10,20H,7-9,11-19H2,1-5H3/b10-6+. The summed E-state index contributed by atoms with van der Waals surface area (Å²) in [4.78, 5) is 0. The highest BCUT2D eigenvalue weighted by Crippen LogP contribution is 2.55. The first-order valence-corrected chi connectivity index (χ1v) is 14.2. The van der Waals surface area contributed by atoms with Crippen molar-refractivity contribution < 1.29 is 18.6 Å². The Morgan fingerprint density at radius 3 is 2.18 bits per heavy atom. The monoisotopic (exact) mass is 410 g/mol. The molecule has 3 saturated heterocycles. The van der Waals surface area contributed by atoms with E-state index in [2.05, 4.69) is 46.8 Å². The molecule has 0 aromatic heterocycles. The molecular formula is C23H42O4Si. The van der Waals surface area contributed by atoms with E-state index in [1.54, 1.807) is 0 Å². The number of rotatable bonds is 10. The van der Waals surface area contributed by atoms with Crippen LogP contribution >= 0.6 is 0 Å². The molecule has 4 nitrogen and oxygen atoms in total. The molecule has 28 heavy (non-hydrogen) atoms. The van der Waals surface area contributed by atoms with E-state index < -0.39 is 19.9 Å². The minimum Gasteiger partial charge on any atom is -0.404 e. The topological polar surface area (TPSA) is 36.9 Å². The second kappa shape index (κ2) is 8.89. The van der Waals surface area contributed by atoms with Crippen LogP contribution in [0.1, 0.15) is 79.6 Å². The van der Waals surface area contributed by atoms with E-state index >= 15 is 0 Å². The second-order valence-corrected chi connectivity index (χ2v) is 14.1. The van der Waals surface area contributed by atoms with Crippen LogP contribution in [0.4, 0.5) is 0 Å². The van der Waals surface area contributed by atoms with Crippen LogP contribution in [0.2, 0.25) is 18.1 Å². The van der Waals surface area contributed by atoms with Crippen LogP contribution < -0.4 is 0 Å². The zero-order valence-corrected chi connectivity index (χ0v) is 19.9. The van der Waals surface area contributed by atoms with E-state index in [-0.39, 0.29) is 11.5 Å². The molecule has 0 spiro atoms. The SMILES string of the molecule is C/C=C/CCCC1OC2(C3(O[Si](CC)(CC)CC)CCCC3)OCC1(C)CO2. The zero-order valence-electron chi connectivity index (χ0n) is 18.9. The summed E-state index contributed by atoms with van der Waals surface area (Å²) in [6.45, 7) is 12.7. The fraction of sp³-hybridized carbons (Fsp3) is 0.913. The summed E-state index contributed by atoms with van der Waals surface area (Å²) in [6.07, 6.45) is 12.2. The largest absolute Gasteiger partial charge is 0.404 e. The van der Waals surface area contributed by atoms with Gasteiger partial charge in [0.1, 0.15) is 5.60 Å². The molecule has 0 radical (unpaired) electrons. The Bertz CT molecular complexity index is 520. The summed E-state index contributed by atoms with van der Waals surface area (Å²) in [6, 6.07) is 3.42. The maximum Gasteiger partial charge on any atom is 0.312 e. The van der Waals surface area contributed by atoms with Gasteiger partial charge in [-0.1, -0.05) is 52.7 Å². The van der Waals surface area contributed by atoms with Crippen LogP contribution in [0, 0.1) is 5.41 Å². The van der Waals surface area contributed by atoms with Gasteiger partial charge in [-0.2, -0.15) is 0 Å². The lowest BCUT2D eigenvalue weighted by Gasteiger charge is -2.61. The molecule has 0 aromatic carbocycles. The molecule has 0 aromatic rings. The molecule has 1 saturated carbocycles. The molecular weight excluding hydrogens is 368 g/mol. The van der Waals surface area contributed by atoms with Gasteiger partial charge in [0.25, 0.3) is 0 Å². The fourth-order valence-corrected chi connectivity index (χ4v) is 8.44. The van der Waals surface area contributed by atoms with Crippen molar-refractivity contribution in [2.45, 2.75) is 115 Å². The molecule has 4 rings (SSSR count). The summed E-state index contributed by atoms with van der Waals surface area (Å²) < 4.78 is 26.8. The van der Waals surface area contributed by atoms with Crippen molar-refractivity contribution in [2.75, 3.05) is 13.2 Å². The molecule has 0 amide bonds. The minimum atomic E-state index is -1.81. The smallest absolute Gasteiger partial charge is 0.312 e. The Kier molecular flexibility index (Phi) is 7.13. The summed E-state index contributed by atoms with van der Waals surface area (Å²) in [7, 11) is -1.81. The molecule has 3 aliphatic heterocycles. The lowest BCUT2D eigenvalue weighted by Crippen LogP contribution is -2.73.